The van der Waals surface area contributed by atoms with E-state index < -0.39 is 0 Å². The molecule has 0 fully saturated rings. The van der Waals surface area contributed by atoms with Crippen LogP contribution in [0.15, 0.2) is 78.0 Å². The summed E-state index contributed by atoms with van der Waals surface area (Å²) in [5.41, 5.74) is 1.72. The molecule has 1 aromatic heterocycles. The first-order chi connectivity index (χ1) is 16.1. The van der Waals surface area contributed by atoms with Gasteiger partial charge in [0, 0.05) is 12.2 Å². The van der Waals surface area contributed by atoms with E-state index in [1.165, 1.54) is 11.8 Å². The highest BCUT2D eigenvalue weighted by molar-refractivity contribution is 7.99. The number of hydrogen-bond donors (Lipinski definition) is 2. The molecule has 8 heteroatoms. The molecular formula is C25H25N5O2S. The molecule has 0 saturated carbocycles. The molecule has 0 aliphatic carbocycles. The zero-order valence-corrected chi connectivity index (χ0v) is 19.1. The number of carbonyl (C=O) groups is 2. The Balaban J connectivity index is 1.30. The Bertz CT molecular complexity index is 1260. The Morgan fingerprint density at radius 3 is 2.45 bits per heavy atom. The van der Waals surface area contributed by atoms with Crippen molar-refractivity contribution in [2.24, 2.45) is 0 Å². The van der Waals surface area contributed by atoms with Crippen molar-refractivity contribution in [1.82, 2.24) is 20.1 Å². The smallest absolute Gasteiger partial charge is 0.234 e. The maximum atomic E-state index is 12.5. The molecule has 0 radical (unpaired) electrons. The van der Waals surface area contributed by atoms with Crippen LogP contribution < -0.4 is 10.6 Å². The normalized spacial score (nSPS) is 10.8. The van der Waals surface area contributed by atoms with Crippen molar-refractivity contribution in [3.05, 3.63) is 84.2 Å². The molecule has 0 atom stereocenters. The third kappa shape index (κ3) is 5.98. The summed E-state index contributed by atoms with van der Waals surface area (Å²) in [7, 11) is 0. The van der Waals surface area contributed by atoms with E-state index in [1.807, 2.05) is 84.3 Å². The number of hydrogen-bond acceptors (Lipinski definition) is 5. The molecule has 2 amide bonds. The van der Waals surface area contributed by atoms with Gasteiger partial charge in [-0.15, -0.1) is 10.2 Å². The van der Waals surface area contributed by atoms with Gasteiger partial charge in [-0.05, 0) is 35.4 Å². The van der Waals surface area contributed by atoms with E-state index in [4.69, 9.17) is 0 Å². The van der Waals surface area contributed by atoms with Crippen LogP contribution in [0, 0.1) is 0 Å². The Labute approximate surface area is 196 Å². The first-order valence-corrected chi connectivity index (χ1v) is 11.7. The minimum atomic E-state index is -0.112. The third-order valence-corrected chi connectivity index (χ3v) is 6.09. The van der Waals surface area contributed by atoms with Crippen LogP contribution in [0.1, 0.15) is 18.3 Å². The van der Waals surface area contributed by atoms with Crippen LogP contribution in [0.4, 0.5) is 5.69 Å². The number of carbonyl (C=O) groups excluding carboxylic acids is 2. The maximum Gasteiger partial charge on any atom is 0.234 e. The summed E-state index contributed by atoms with van der Waals surface area (Å²) in [5.74, 6) is 0.691. The summed E-state index contributed by atoms with van der Waals surface area (Å²) in [6, 6.07) is 23.5. The van der Waals surface area contributed by atoms with E-state index in [0.29, 0.717) is 23.9 Å². The van der Waals surface area contributed by atoms with Gasteiger partial charge in [0.1, 0.15) is 0 Å². The maximum absolute atomic E-state index is 12.5. The predicted molar refractivity (Wildman–Crippen MR) is 131 cm³/mol. The van der Waals surface area contributed by atoms with Gasteiger partial charge in [0.05, 0.1) is 18.7 Å². The molecule has 1 heterocycles. The molecule has 4 aromatic rings. The van der Waals surface area contributed by atoms with Gasteiger partial charge in [-0.2, -0.15) is 0 Å². The Kier molecular flexibility index (Phi) is 7.36. The van der Waals surface area contributed by atoms with Gasteiger partial charge in [-0.1, -0.05) is 72.4 Å². The number of benzene rings is 3. The number of nitrogens with zero attached hydrogens (tertiary/aromatic N) is 3. The molecular weight excluding hydrogens is 434 g/mol. The first-order valence-electron chi connectivity index (χ1n) is 10.8. The zero-order chi connectivity index (χ0) is 23.0. The van der Waals surface area contributed by atoms with Crippen LogP contribution in [-0.4, -0.2) is 32.3 Å². The molecule has 0 bridgehead atoms. The lowest BCUT2D eigenvalue weighted by atomic mass is 10.1. The van der Waals surface area contributed by atoms with Gasteiger partial charge >= 0.3 is 0 Å². The molecule has 33 heavy (non-hydrogen) atoms. The standard InChI is InChI=1S/C25H25N5O2S/c1-2-30-22(16-26-23(31)14-18-8-4-3-5-9-18)28-29-25(30)33-17-24(32)27-21-13-12-19-10-6-7-11-20(19)15-21/h3-13,15H,2,14,16-17H2,1H3,(H,26,31)(H,27,32). The summed E-state index contributed by atoms with van der Waals surface area (Å²) < 4.78 is 1.91. The van der Waals surface area contributed by atoms with Gasteiger partial charge in [0.2, 0.25) is 11.8 Å². The highest BCUT2D eigenvalue weighted by Crippen LogP contribution is 2.21. The minimum absolute atomic E-state index is 0.0733. The molecule has 2 N–H and O–H groups in total. The molecule has 0 saturated heterocycles. The van der Waals surface area contributed by atoms with Crippen molar-refractivity contribution < 1.29 is 9.59 Å². The molecule has 0 spiro atoms. The summed E-state index contributed by atoms with van der Waals surface area (Å²) in [6.45, 7) is 2.92. The van der Waals surface area contributed by atoms with E-state index in [9.17, 15) is 9.59 Å². The van der Waals surface area contributed by atoms with E-state index in [2.05, 4.69) is 20.8 Å². The fourth-order valence-corrected chi connectivity index (χ4v) is 4.31. The molecule has 168 valence electrons. The number of rotatable bonds is 9. The Morgan fingerprint density at radius 2 is 1.67 bits per heavy atom. The predicted octanol–water partition coefficient (Wildman–Crippen LogP) is 4.04. The van der Waals surface area contributed by atoms with Gasteiger partial charge in [-0.25, -0.2) is 0 Å². The number of fused-ring (bicyclic) bond motifs is 1. The monoisotopic (exact) mass is 459 g/mol. The van der Waals surface area contributed by atoms with Crippen LogP contribution in [0.3, 0.4) is 0 Å². The minimum Gasteiger partial charge on any atom is -0.349 e. The van der Waals surface area contributed by atoms with Crippen LogP contribution in [-0.2, 0) is 29.1 Å². The highest BCUT2D eigenvalue weighted by atomic mass is 32.2. The number of anilines is 1. The lowest BCUT2D eigenvalue weighted by Gasteiger charge is -2.09. The fraction of sp³-hybridized carbons (Fsp3) is 0.200. The molecule has 0 aliphatic heterocycles. The SMILES string of the molecule is CCn1c(CNC(=O)Cc2ccccc2)nnc1SCC(=O)Nc1ccc2ccccc2c1. The van der Waals surface area contributed by atoms with Gasteiger partial charge in [0.15, 0.2) is 11.0 Å². The second-order valence-electron chi connectivity index (χ2n) is 7.48. The number of amides is 2. The van der Waals surface area contributed by atoms with Crippen molar-refractivity contribution in [2.75, 3.05) is 11.1 Å². The van der Waals surface area contributed by atoms with Crippen molar-refractivity contribution in [3.8, 4) is 0 Å². The average molecular weight is 460 g/mol. The summed E-state index contributed by atoms with van der Waals surface area (Å²) in [5, 5.41) is 17.1. The Hall–Kier alpha value is -3.65. The molecule has 7 nitrogen and oxygen atoms in total. The van der Waals surface area contributed by atoms with Gasteiger partial charge in [0.25, 0.3) is 0 Å². The highest BCUT2D eigenvalue weighted by Gasteiger charge is 2.14. The first kappa shape index (κ1) is 22.5. The van der Waals surface area contributed by atoms with Crippen molar-refractivity contribution >= 4 is 40.0 Å². The van der Waals surface area contributed by atoms with Crippen molar-refractivity contribution in [3.63, 3.8) is 0 Å². The fourth-order valence-electron chi connectivity index (χ4n) is 3.49. The van der Waals surface area contributed by atoms with E-state index >= 15 is 0 Å². The Morgan fingerprint density at radius 1 is 0.909 bits per heavy atom. The van der Waals surface area contributed by atoms with Gasteiger partial charge in [-0.3, -0.25) is 9.59 Å². The summed E-state index contributed by atoms with van der Waals surface area (Å²) >= 11 is 1.32. The molecule has 0 unspecified atom stereocenters. The topological polar surface area (TPSA) is 88.9 Å². The molecule has 0 aliphatic rings. The van der Waals surface area contributed by atoms with Crippen LogP contribution >= 0.6 is 11.8 Å². The lowest BCUT2D eigenvalue weighted by Crippen LogP contribution is -2.26. The zero-order valence-electron chi connectivity index (χ0n) is 18.3. The van der Waals surface area contributed by atoms with Crippen molar-refractivity contribution in [2.45, 2.75) is 31.6 Å². The molecule has 4 rings (SSSR count). The lowest BCUT2D eigenvalue weighted by molar-refractivity contribution is -0.120. The van der Waals surface area contributed by atoms with Crippen LogP contribution in [0.25, 0.3) is 10.8 Å². The second kappa shape index (κ2) is 10.8. The second-order valence-corrected chi connectivity index (χ2v) is 8.42. The van der Waals surface area contributed by atoms with Crippen LogP contribution in [0.5, 0.6) is 0 Å². The largest absolute Gasteiger partial charge is 0.349 e. The summed E-state index contributed by atoms with van der Waals surface area (Å²) in [4.78, 5) is 24.7. The number of nitrogens with one attached hydrogen (secondary N) is 2. The van der Waals surface area contributed by atoms with E-state index in [-0.39, 0.29) is 24.1 Å². The van der Waals surface area contributed by atoms with Gasteiger partial charge < -0.3 is 15.2 Å². The number of thioether (sulfide) groups is 1. The number of aromatic nitrogens is 3. The third-order valence-electron chi connectivity index (χ3n) is 5.13. The van der Waals surface area contributed by atoms with Crippen LogP contribution in [0.2, 0.25) is 0 Å². The molecule has 3 aromatic carbocycles. The van der Waals surface area contributed by atoms with Crippen molar-refractivity contribution in [1.29, 1.82) is 0 Å². The van der Waals surface area contributed by atoms with E-state index in [1.54, 1.807) is 0 Å². The summed E-state index contributed by atoms with van der Waals surface area (Å²) in [6.07, 6.45) is 0.317. The average Bonchev–Trinajstić information content (AvgIpc) is 3.24. The quantitative estimate of drug-likeness (QED) is 0.369. The van der Waals surface area contributed by atoms with E-state index in [0.717, 1.165) is 22.0 Å².